The number of ether oxygens (including phenoxy) is 1. The maximum atomic E-state index is 12.0. The molecule has 1 atom stereocenters. The highest BCUT2D eigenvalue weighted by Crippen LogP contribution is 2.20. The molecular formula is C15H24N4O2S. The number of rotatable bonds is 4. The molecule has 1 fully saturated rings. The van der Waals surface area contributed by atoms with Crippen LogP contribution in [0.3, 0.4) is 0 Å². The first-order chi connectivity index (χ1) is 10.4. The Morgan fingerprint density at radius 3 is 3.00 bits per heavy atom. The van der Waals surface area contributed by atoms with Gasteiger partial charge in [0.2, 0.25) is 0 Å². The molecule has 0 spiro atoms. The van der Waals surface area contributed by atoms with Crippen LogP contribution in [0, 0.1) is 5.92 Å². The fourth-order valence-electron chi connectivity index (χ4n) is 2.28. The molecular weight excluding hydrogens is 300 g/mol. The van der Waals surface area contributed by atoms with Crippen LogP contribution in [0.5, 0.6) is 0 Å². The summed E-state index contributed by atoms with van der Waals surface area (Å²) in [4.78, 5) is 22.3. The number of nitrogens with zero attached hydrogens (tertiary/aromatic N) is 3. The first-order valence-corrected chi connectivity index (χ1v) is 8.68. The Labute approximate surface area is 136 Å². The molecule has 1 aromatic rings. The maximum Gasteiger partial charge on any atom is 0.410 e. The van der Waals surface area contributed by atoms with Gasteiger partial charge in [-0.05, 0) is 45.4 Å². The Morgan fingerprint density at radius 2 is 2.32 bits per heavy atom. The summed E-state index contributed by atoms with van der Waals surface area (Å²) in [6, 6.07) is 1.86. The van der Waals surface area contributed by atoms with Gasteiger partial charge < -0.3 is 15.0 Å². The van der Waals surface area contributed by atoms with E-state index < -0.39 is 5.60 Å². The number of hydrogen-bond acceptors (Lipinski definition) is 6. The molecule has 7 heteroatoms. The second kappa shape index (κ2) is 7.17. The van der Waals surface area contributed by atoms with E-state index in [0.717, 1.165) is 37.0 Å². The van der Waals surface area contributed by atoms with E-state index in [4.69, 9.17) is 4.74 Å². The van der Waals surface area contributed by atoms with Crippen LogP contribution in [0.4, 0.5) is 10.6 Å². The number of amides is 1. The van der Waals surface area contributed by atoms with Crippen LogP contribution in [-0.2, 0) is 4.74 Å². The van der Waals surface area contributed by atoms with Gasteiger partial charge >= 0.3 is 6.09 Å². The van der Waals surface area contributed by atoms with Crippen LogP contribution in [0.2, 0.25) is 0 Å². The molecule has 0 aliphatic carbocycles. The largest absolute Gasteiger partial charge is 0.444 e. The van der Waals surface area contributed by atoms with Crippen molar-refractivity contribution in [3.63, 3.8) is 0 Å². The van der Waals surface area contributed by atoms with Crippen LogP contribution in [0.1, 0.15) is 27.2 Å². The lowest BCUT2D eigenvalue weighted by Crippen LogP contribution is -2.35. The molecule has 1 aromatic heterocycles. The van der Waals surface area contributed by atoms with Gasteiger partial charge in [-0.2, -0.15) is 0 Å². The normalized spacial score (nSPS) is 18.4. The van der Waals surface area contributed by atoms with Gasteiger partial charge in [0, 0.05) is 25.8 Å². The molecule has 1 N–H and O–H groups in total. The molecule has 0 unspecified atom stereocenters. The predicted octanol–water partition coefficient (Wildman–Crippen LogP) is 2.87. The van der Waals surface area contributed by atoms with E-state index in [0.29, 0.717) is 5.92 Å². The van der Waals surface area contributed by atoms with Gasteiger partial charge in [-0.25, -0.2) is 14.8 Å². The average molecular weight is 324 g/mol. The zero-order valence-corrected chi connectivity index (χ0v) is 14.4. The third kappa shape index (κ3) is 5.05. The molecule has 122 valence electrons. The molecule has 1 amide bonds. The van der Waals surface area contributed by atoms with Crippen molar-refractivity contribution >= 4 is 23.7 Å². The minimum Gasteiger partial charge on any atom is -0.444 e. The Kier molecular flexibility index (Phi) is 5.50. The number of nitrogens with one attached hydrogen (secondary N) is 1. The summed E-state index contributed by atoms with van der Waals surface area (Å²) in [6.45, 7) is 7.93. The Morgan fingerprint density at radius 1 is 1.55 bits per heavy atom. The lowest BCUT2D eigenvalue weighted by Gasteiger charge is -2.24. The molecule has 0 bridgehead atoms. The number of aromatic nitrogens is 2. The molecule has 2 rings (SSSR count). The van der Waals surface area contributed by atoms with Crippen molar-refractivity contribution in [3.05, 3.63) is 12.3 Å². The number of carbonyl (C=O) groups excluding carboxylic acids is 1. The third-order valence-corrected chi connectivity index (χ3v) is 3.89. The van der Waals surface area contributed by atoms with Crippen molar-refractivity contribution in [2.75, 3.05) is 31.2 Å². The van der Waals surface area contributed by atoms with E-state index in [2.05, 4.69) is 15.3 Å². The highest BCUT2D eigenvalue weighted by molar-refractivity contribution is 7.98. The predicted molar refractivity (Wildman–Crippen MR) is 88.2 cm³/mol. The Hall–Kier alpha value is -1.50. The summed E-state index contributed by atoms with van der Waals surface area (Å²) in [6.07, 6.45) is 4.46. The van der Waals surface area contributed by atoms with Crippen molar-refractivity contribution in [2.45, 2.75) is 37.9 Å². The zero-order valence-electron chi connectivity index (χ0n) is 13.6. The molecule has 1 aliphatic rings. The Bertz CT molecular complexity index is 519. The summed E-state index contributed by atoms with van der Waals surface area (Å²) in [7, 11) is 0. The van der Waals surface area contributed by atoms with E-state index in [1.807, 2.05) is 33.1 Å². The van der Waals surface area contributed by atoms with Crippen LogP contribution >= 0.6 is 11.8 Å². The van der Waals surface area contributed by atoms with Crippen molar-refractivity contribution in [1.29, 1.82) is 0 Å². The lowest BCUT2D eigenvalue weighted by atomic mass is 10.1. The van der Waals surface area contributed by atoms with E-state index in [9.17, 15) is 4.79 Å². The van der Waals surface area contributed by atoms with Gasteiger partial charge in [-0.15, -0.1) is 0 Å². The van der Waals surface area contributed by atoms with Crippen molar-refractivity contribution in [2.24, 2.45) is 5.92 Å². The topological polar surface area (TPSA) is 67.4 Å². The highest BCUT2D eigenvalue weighted by atomic mass is 32.2. The molecule has 1 aliphatic heterocycles. The minimum absolute atomic E-state index is 0.221. The van der Waals surface area contributed by atoms with E-state index in [1.54, 1.807) is 11.1 Å². The number of likely N-dealkylation sites (tertiary alicyclic amines) is 1. The molecule has 0 radical (unpaired) electrons. The van der Waals surface area contributed by atoms with Crippen LogP contribution in [0.25, 0.3) is 0 Å². The van der Waals surface area contributed by atoms with Gasteiger partial charge in [0.15, 0.2) is 5.16 Å². The molecule has 2 heterocycles. The van der Waals surface area contributed by atoms with Gasteiger partial charge in [-0.3, -0.25) is 0 Å². The molecule has 22 heavy (non-hydrogen) atoms. The van der Waals surface area contributed by atoms with Crippen LogP contribution < -0.4 is 5.32 Å². The summed E-state index contributed by atoms with van der Waals surface area (Å²) in [5, 5.41) is 4.08. The van der Waals surface area contributed by atoms with E-state index in [1.165, 1.54) is 11.8 Å². The van der Waals surface area contributed by atoms with Crippen molar-refractivity contribution in [3.8, 4) is 0 Å². The highest BCUT2D eigenvalue weighted by Gasteiger charge is 2.29. The lowest BCUT2D eigenvalue weighted by molar-refractivity contribution is 0.0289. The number of carbonyl (C=O) groups is 1. The number of anilines is 1. The average Bonchev–Trinajstić information content (AvgIpc) is 2.92. The standard InChI is InChI=1S/C15H24N4O2S/c1-15(2,3)21-14(20)19-8-6-11(10-19)9-17-12-5-7-16-13(18-12)22-4/h5,7,11H,6,8-10H2,1-4H3,(H,16,17,18)/t11-/m0/s1. The fraction of sp³-hybridized carbons (Fsp3) is 0.667. The van der Waals surface area contributed by atoms with Crippen LogP contribution in [-0.4, -0.2) is 52.5 Å². The van der Waals surface area contributed by atoms with Crippen molar-refractivity contribution < 1.29 is 9.53 Å². The first kappa shape index (κ1) is 16.9. The molecule has 0 aromatic carbocycles. The number of thioether (sulfide) groups is 1. The van der Waals surface area contributed by atoms with Gasteiger partial charge in [0.1, 0.15) is 11.4 Å². The molecule has 1 saturated heterocycles. The van der Waals surface area contributed by atoms with Gasteiger partial charge in [0.05, 0.1) is 0 Å². The summed E-state index contributed by atoms with van der Waals surface area (Å²) >= 11 is 1.52. The quantitative estimate of drug-likeness (QED) is 0.678. The SMILES string of the molecule is CSc1nccc(NC[C@@H]2CCN(C(=O)OC(C)(C)C)C2)n1. The second-order valence-electron chi connectivity index (χ2n) is 6.39. The smallest absolute Gasteiger partial charge is 0.410 e. The van der Waals surface area contributed by atoms with Gasteiger partial charge in [0.25, 0.3) is 0 Å². The van der Waals surface area contributed by atoms with E-state index >= 15 is 0 Å². The number of hydrogen-bond donors (Lipinski definition) is 1. The van der Waals surface area contributed by atoms with Crippen LogP contribution in [0.15, 0.2) is 17.4 Å². The first-order valence-electron chi connectivity index (χ1n) is 7.46. The third-order valence-electron chi connectivity index (χ3n) is 3.33. The van der Waals surface area contributed by atoms with Gasteiger partial charge in [-0.1, -0.05) is 11.8 Å². The monoisotopic (exact) mass is 324 g/mol. The minimum atomic E-state index is -0.442. The molecule has 6 nitrogen and oxygen atoms in total. The van der Waals surface area contributed by atoms with Crippen molar-refractivity contribution in [1.82, 2.24) is 14.9 Å². The maximum absolute atomic E-state index is 12.0. The summed E-state index contributed by atoms with van der Waals surface area (Å²) in [5.41, 5.74) is -0.442. The zero-order chi connectivity index (χ0) is 16.2. The Balaban J connectivity index is 1.80. The summed E-state index contributed by atoms with van der Waals surface area (Å²) < 4.78 is 5.41. The fourth-order valence-corrected chi connectivity index (χ4v) is 2.63. The molecule has 0 saturated carbocycles. The van der Waals surface area contributed by atoms with E-state index in [-0.39, 0.29) is 6.09 Å². The second-order valence-corrected chi connectivity index (χ2v) is 7.16. The summed E-state index contributed by atoms with van der Waals surface area (Å²) in [5.74, 6) is 1.25.